The van der Waals surface area contributed by atoms with Gasteiger partial charge in [-0.1, -0.05) is 23.9 Å². The van der Waals surface area contributed by atoms with E-state index in [2.05, 4.69) is 27.5 Å². The average Bonchev–Trinajstić information content (AvgIpc) is 3.16. The molecule has 24 heavy (non-hydrogen) atoms. The third-order valence-corrected chi connectivity index (χ3v) is 5.64. The Hall–Kier alpha value is -2.17. The van der Waals surface area contributed by atoms with E-state index in [0.29, 0.717) is 5.01 Å². The number of ketones is 1. The fraction of sp³-hybridized carbons (Fsp3) is 0.294. The Morgan fingerprint density at radius 1 is 1.42 bits per heavy atom. The molecule has 2 aromatic heterocycles. The molecule has 7 heteroatoms. The zero-order valence-electron chi connectivity index (χ0n) is 13.4. The molecule has 0 aliphatic carbocycles. The summed E-state index contributed by atoms with van der Waals surface area (Å²) >= 11 is 2.74. The second-order valence-electron chi connectivity index (χ2n) is 5.27. The maximum absolute atomic E-state index is 12.5. The van der Waals surface area contributed by atoms with Crippen molar-refractivity contribution in [3.8, 4) is 6.07 Å². The SMILES string of the molecule is CCn1c(SCC(=O)C(C#N)c2nc(C)cs2)nc2ccccc21. The maximum atomic E-state index is 12.5. The molecule has 122 valence electrons. The Kier molecular flexibility index (Phi) is 4.97. The number of nitriles is 1. The van der Waals surface area contributed by atoms with E-state index in [0.717, 1.165) is 28.4 Å². The number of hydrogen-bond acceptors (Lipinski definition) is 6. The number of aryl methyl sites for hydroxylation is 2. The van der Waals surface area contributed by atoms with Crippen LogP contribution in [0.15, 0.2) is 34.8 Å². The Balaban J connectivity index is 1.78. The first-order valence-corrected chi connectivity index (χ1v) is 9.43. The zero-order chi connectivity index (χ0) is 17.1. The van der Waals surface area contributed by atoms with Crippen molar-refractivity contribution >= 4 is 39.9 Å². The first kappa shape index (κ1) is 16.7. The molecular weight excluding hydrogens is 340 g/mol. The highest BCUT2D eigenvalue weighted by Gasteiger charge is 2.24. The van der Waals surface area contributed by atoms with Crippen LogP contribution < -0.4 is 0 Å². The lowest BCUT2D eigenvalue weighted by atomic mass is 10.1. The molecule has 0 amide bonds. The summed E-state index contributed by atoms with van der Waals surface area (Å²) in [6.07, 6.45) is 0. The Labute approximate surface area is 148 Å². The van der Waals surface area contributed by atoms with Gasteiger partial charge in [-0.2, -0.15) is 5.26 Å². The average molecular weight is 356 g/mol. The monoisotopic (exact) mass is 356 g/mol. The van der Waals surface area contributed by atoms with Crippen LogP contribution in [0.25, 0.3) is 11.0 Å². The van der Waals surface area contributed by atoms with Crippen molar-refractivity contribution in [2.45, 2.75) is 31.5 Å². The largest absolute Gasteiger partial charge is 0.319 e. The van der Waals surface area contributed by atoms with Crippen molar-refractivity contribution in [3.05, 3.63) is 40.3 Å². The number of fused-ring (bicyclic) bond motifs is 1. The number of carbonyl (C=O) groups is 1. The van der Waals surface area contributed by atoms with Crippen molar-refractivity contribution in [2.75, 3.05) is 5.75 Å². The fourth-order valence-corrected chi connectivity index (χ4v) is 4.30. The number of thioether (sulfide) groups is 1. The van der Waals surface area contributed by atoms with Crippen molar-refractivity contribution in [1.29, 1.82) is 5.26 Å². The number of nitrogens with zero attached hydrogens (tertiary/aromatic N) is 4. The van der Waals surface area contributed by atoms with Gasteiger partial charge < -0.3 is 4.57 Å². The van der Waals surface area contributed by atoms with E-state index in [1.165, 1.54) is 23.1 Å². The summed E-state index contributed by atoms with van der Waals surface area (Å²) in [7, 11) is 0. The van der Waals surface area contributed by atoms with E-state index >= 15 is 0 Å². The third kappa shape index (κ3) is 3.21. The Bertz CT molecular complexity index is 922. The van der Waals surface area contributed by atoms with Gasteiger partial charge in [0.2, 0.25) is 0 Å². The van der Waals surface area contributed by atoms with E-state index in [1.807, 2.05) is 36.6 Å². The summed E-state index contributed by atoms with van der Waals surface area (Å²) in [6, 6.07) is 9.99. The lowest BCUT2D eigenvalue weighted by molar-refractivity contribution is -0.116. The maximum Gasteiger partial charge on any atom is 0.169 e. The van der Waals surface area contributed by atoms with E-state index in [9.17, 15) is 10.1 Å². The highest BCUT2D eigenvalue weighted by Crippen LogP contribution is 2.27. The first-order valence-electron chi connectivity index (χ1n) is 7.56. The van der Waals surface area contributed by atoms with Gasteiger partial charge in [-0.05, 0) is 26.0 Å². The number of benzene rings is 1. The van der Waals surface area contributed by atoms with E-state index in [-0.39, 0.29) is 11.5 Å². The minimum Gasteiger partial charge on any atom is -0.319 e. The summed E-state index contributed by atoms with van der Waals surface area (Å²) in [5, 5.41) is 12.6. The molecule has 0 saturated heterocycles. The summed E-state index contributed by atoms with van der Waals surface area (Å²) < 4.78 is 2.09. The normalized spacial score (nSPS) is 12.2. The highest BCUT2D eigenvalue weighted by molar-refractivity contribution is 7.99. The fourth-order valence-electron chi connectivity index (χ4n) is 2.46. The van der Waals surface area contributed by atoms with Crippen molar-refractivity contribution in [1.82, 2.24) is 14.5 Å². The molecule has 3 aromatic rings. The second-order valence-corrected chi connectivity index (χ2v) is 7.10. The number of imidazole rings is 1. The van der Waals surface area contributed by atoms with Crippen LogP contribution in [0.3, 0.4) is 0 Å². The predicted molar refractivity (Wildman–Crippen MR) is 96.3 cm³/mol. The summed E-state index contributed by atoms with van der Waals surface area (Å²) in [6.45, 7) is 4.69. The van der Waals surface area contributed by atoms with Crippen molar-refractivity contribution in [3.63, 3.8) is 0 Å². The number of aromatic nitrogens is 3. The van der Waals surface area contributed by atoms with Gasteiger partial charge in [-0.25, -0.2) is 9.97 Å². The number of hydrogen-bond donors (Lipinski definition) is 0. The standard InChI is InChI=1S/C17H16N4OS2/c1-3-21-14-7-5-4-6-13(14)20-17(21)24-10-15(22)12(8-18)16-19-11(2)9-23-16/h4-7,9,12H,3,10H2,1-2H3. The molecule has 0 saturated carbocycles. The van der Waals surface area contributed by atoms with Gasteiger partial charge in [0.15, 0.2) is 16.9 Å². The van der Waals surface area contributed by atoms with Crippen LogP contribution in [0.4, 0.5) is 0 Å². The summed E-state index contributed by atoms with van der Waals surface area (Å²) in [5.74, 6) is -0.720. The molecule has 0 N–H and O–H groups in total. The smallest absolute Gasteiger partial charge is 0.169 e. The molecule has 0 fully saturated rings. The van der Waals surface area contributed by atoms with E-state index in [1.54, 1.807) is 0 Å². The van der Waals surface area contributed by atoms with Gasteiger partial charge in [-0.15, -0.1) is 11.3 Å². The number of rotatable bonds is 6. The van der Waals surface area contributed by atoms with Gasteiger partial charge >= 0.3 is 0 Å². The molecule has 2 heterocycles. The van der Waals surface area contributed by atoms with Crippen LogP contribution in [0, 0.1) is 18.3 Å². The highest BCUT2D eigenvalue weighted by atomic mass is 32.2. The van der Waals surface area contributed by atoms with Gasteiger partial charge in [0.05, 0.1) is 22.9 Å². The zero-order valence-corrected chi connectivity index (χ0v) is 15.0. The molecule has 0 radical (unpaired) electrons. The van der Waals surface area contributed by atoms with Crippen LogP contribution in [0.5, 0.6) is 0 Å². The number of carbonyl (C=O) groups excluding carboxylic acids is 1. The van der Waals surface area contributed by atoms with Crippen LogP contribution in [0.1, 0.15) is 23.5 Å². The van der Waals surface area contributed by atoms with Gasteiger partial charge in [-0.3, -0.25) is 4.79 Å². The molecule has 1 aromatic carbocycles. The lowest BCUT2D eigenvalue weighted by Crippen LogP contribution is -2.13. The summed E-state index contributed by atoms with van der Waals surface area (Å²) in [5.41, 5.74) is 2.81. The van der Waals surface area contributed by atoms with Gasteiger partial charge in [0.25, 0.3) is 0 Å². The molecule has 0 spiro atoms. The quantitative estimate of drug-likeness (QED) is 0.628. The Morgan fingerprint density at radius 3 is 2.88 bits per heavy atom. The number of thiazole rings is 1. The lowest BCUT2D eigenvalue weighted by Gasteiger charge is -2.07. The molecule has 1 atom stereocenters. The molecule has 3 rings (SSSR count). The van der Waals surface area contributed by atoms with Crippen molar-refractivity contribution < 1.29 is 4.79 Å². The van der Waals surface area contributed by atoms with Crippen LogP contribution in [0.2, 0.25) is 0 Å². The first-order chi connectivity index (χ1) is 11.6. The number of Topliss-reactive ketones (excluding diaryl/α,β-unsaturated/α-hetero) is 1. The molecule has 0 bridgehead atoms. The van der Waals surface area contributed by atoms with Crippen LogP contribution in [-0.4, -0.2) is 26.1 Å². The number of para-hydroxylation sites is 2. The van der Waals surface area contributed by atoms with Gasteiger partial charge in [0.1, 0.15) is 5.01 Å². The van der Waals surface area contributed by atoms with Crippen molar-refractivity contribution in [2.24, 2.45) is 0 Å². The van der Waals surface area contributed by atoms with Crippen LogP contribution >= 0.6 is 23.1 Å². The van der Waals surface area contributed by atoms with E-state index < -0.39 is 5.92 Å². The second kappa shape index (κ2) is 7.16. The van der Waals surface area contributed by atoms with E-state index in [4.69, 9.17) is 0 Å². The van der Waals surface area contributed by atoms with Gasteiger partial charge in [0, 0.05) is 17.6 Å². The molecule has 0 aliphatic heterocycles. The Morgan fingerprint density at radius 2 is 2.21 bits per heavy atom. The summed E-state index contributed by atoms with van der Waals surface area (Å²) in [4.78, 5) is 21.3. The predicted octanol–water partition coefficient (Wildman–Crippen LogP) is 3.79. The minimum atomic E-state index is -0.796. The third-order valence-electron chi connectivity index (χ3n) is 3.61. The molecule has 0 aliphatic rings. The van der Waals surface area contributed by atoms with Crippen LogP contribution in [-0.2, 0) is 11.3 Å². The molecule has 5 nitrogen and oxygen atoms in total. The molecular formula is C17H16N4OS2. The topological polar surface area (TPSA) is 71.6 Å². The minimum absolute atomic E-state index is 0.133. The molecule has 1 unspecified atom stereocenters.